The first-order valence-electron chi connectivity index (χ1n) is 6.47. The Kier molecular flexibility index (Phi) is 4.60. The summed E-state index contributed by atoms with van der Waals surface area (Å²) in [6, 6.07) is 3.23. The quantitative estimate of drug-likeness (QED) is 0.345. The molecule has 4 nitrogen and oxygen atoms in total. The van der Waals surface area contributed by atoms with Crippen molar-refractivity contribution in [1.29, 1.82) is 0 Å². The van der Waals surface area contributed by atoms with Crippen LogP contribution in [0.25, 0.3) is 0 Å². The third kappa shape index (κ3) is 3.46. The average molecular weight is 267 g/mol. The molecule has 0 spiro atoms. The molecule has 1 aliphatic rings. The lowest BCUT2D eigenvalue weighted by Gasteiger charge is -2.30. The van der Waals surface area contributed by atoms with Gasteiger partial charge in [0.05, 0.1) is 0 Å². The highest BCUT2D eigenvalue weighted by atomic mass is 32.1. The lowest BCUT2D eigenvalue weighted by atomic mass is 10.1. The number of rotatable bonds is 7. The van der Waals surface area contributed by atoms with Gasteiger partial charge in [-0.3, -0.25) is 4.90 Å². The zero-order chi connectivity index (χ0) is 13.0. The van der Waals surface area contributed by atoms with Gasteiger partial charge in [-0.25, -0.2) is 0 Å². The van der Waals surface area contributed by atoms with Crippen molar-refractivity contribution in [2.45, 2.75) is 51.2 Å². The van der Waals surface area contributed by atoms with Crippen molar-refractivity contribution in [1.82, 2.24) is 4.90 Å². The van der Waals surface area contributed by atoms with Gasteiger partial charge in [-0.05, 0) is 41.7 Å². The molecule has 1 heterocycles. The Hall–Kier alpha value is -1.07. The van der Waals surface area contributed by atoms with Crippen LogP contribution in [0.2, 0.25) is 0 Å². The summed E-state index contributed by atoms with van der Waals surface area (Å²) in [5.41, 5.74) is 7.02. The molecule has 0 saturated heterocycles. The van der Waals surface area contributed by atoms with Crippen molar-refractivity contribution in [3.05, 3.63) is 22.4 Å². The van der Waals surface area contributed by atoms with Gasteiger partial charge in [-0.2, -0.15) is 11.3 Å². The second-order valence-electron chi connectivity index (χ2n) is 4.89. The van der Waals surface area contributed by atoms with Crippen molar-refractivity contribution in [3.8, 4) is 0 Å². The van der Waals surface area contributed by atoms with Gasteiger partial charge in [0, 0.05) is 25.0 Å². The molecule has 1 aromatic rings. The molecule has 0 radical (unpaired) electrons. The molecular weight excluding hydrogens is 246 g/mol. The van der Waals surface area contributed by atoms with Gasteiger partial charge in [-0.15, -0.1) is 0 Å². The van der Waals surface area contributed by atoms with Crippen LogP contribution in [0.1, 0.15) is 38.2 Å². The number of nitrogens with zero attached hydrogens (tertiary/aromatic N) is 2. The minimum Gasteiger partial charge on any atom is -0.409 e. The summed E-state index contributed by atoms with van der Waals surface area (Å²) >= 11 is 1.74. The van der Waals surface area contributed by atoms with E-state index >= 15 is 0 Å². The van der Waals surface area contributed by atoms with Crippen molar-refractivity contribution in [2.75, 3.05) is 0 Å². The summed E-state index contributed by atoms with van der Waals surface area (Å²) in [5.74, 6) is 0.331. The van der Waals surface area contributed by atoms with Crippen LogP contribution in [0.15, 0.2) is 22.0 Å². The van der Waals surface area contributed by atoms with E-state index in [1.165, 1.54) is 18.4 Å². The molecule has 0 amide bonds. The predicted octanol–water partition coefficient (Wildman–Crippen LogP) is 2.63. The molecule has 1 unspecified atom stereocenters. The standard InChI is InChI=1S/C13H21N3OS/c1-2-11(7-13(14)15-17)16(12-3-4-12)8-10-5-6-18-9-10/h5-6,9,11-12,17H,2-4,7-8H2,1H3,(H2,14,15). The molecule has 18 heavy (non-hydrogen) atoms. The van der Waals surface area contributed by atoms with Crippen molar-refractivity contribution < 1.29 is 5.21 Å². The molecule has 1 aromatic heterocycles. The van der Waals surface area contributed by atoms with Crippen LogP contribution in [-0.2, 0) is 6.54 Å². The predicted molar refractivity (Wildman–Crippen MR) is 75.0 cm³/mol. The highest BCUT2D eigenvalue weighted by Gasteiger charge is 2.33. The van der Waals surface area contributed by atoms with Crippen LogP contribution < -0.4 is 5.73 Å². The highest BCUT2D eigenvalue weighted by Crippen LogP contribution is 2.32. The first kappa shape index (κ1) is 13.4. The molecule has 100 valence electrons. The van der Waals surface area contributed by atoms with E-state index in [9.17, 15) is 0 Å². The molecule has 5 heteroatoms. The number of hydrogen-bond acceptors (Lipinski definition) is 4. The first-order chi connectivity index (χ1) is 8.74. The first-order valence-corrected chi connectivity index (χ1v) is 7.42. The number of hydrogen-bond donors (Lipinski definition) is 2. The Labute approximate surface area is 112 Å². The molecule has 0 aliphatic heterocycles. The van der Waals surface area contributed by atoms with Gasteiger partial charge in [0.15, 0.2) is 0 Å². The zero-order valence-corrected chi connectivity index (χ0v) is 11.6. The van der Waals surface area contributed by atoms with Crippen molar-refractivity contribution in [3.63, 3.8) is 0 Å². The summed E-state index contributed by atoms with van der Waals surface area (Å²) in [7, 11) is 0. The fourth-order valence-corrected chi connectivity index (χ4v) is 2.99. The summed E-state index contributed by atoms with van der Waals surface area (Å²) in [6.07, 6.45) is 4.22. The number of oxime groups is 1. The van der Waals surface area contributed by atoms with Crippen LogP contribution in [0.4, 0.5) is 0 Å². The largest absolute Gasteiger partial charge is 0.409 e. The Morgan fingerprint density at radius 1 is 1.67 bits per heavy atom. The fourth-order valence-electron chi connectivity index (χ4n) is 2.33. The average Bonchev–Trinajstić information content (AvgIpc) is 3.10. The van der Waals surface area contributed by atoms with Crippen LogP contribution in [0, 0.1) is 0 Å². The molecule has 3 N–H and O–H groups in total. The lowest BCUT2D eigenvalue weighted by molar-refractivity contribution is 0.174. The molecule has 1 atom stereocenters. The maximum absolute atomic E-state index is 8.72. The fraction of sp³-hybridized carbons (Fsp3) is 0.615. The van der Waals surface area contributed by atoms with Gasteiger partial charge < -0.3 is 10.9 Å². The Balaban J connectivity index is 2.02. The van der Waals surface area contributed by atoms with Gasteiger partial charge in [0.25, 0.3) is 0 Å². The van der Waals surface area contributed by atoms with E-state index in [2.05, 4.69) is 33.8 Å². The summed E-state index contributed by atoms with van der Waals surface area (Å²) in [4.78, 5) is 2.51. The van der Waals surface area contributed by atoms with E-state index < -0.39 is 0 Å². The van der Waals surface area contributed by atoms with Crippen LogP contribution in [0.3, 0.4) is 0 Å². The Morgan fingerprint density at radius 3 is 2.94 bits per heavy atom. The third-order valence-corrected chi connectivity index (χ3v) is 4.21. The van der Waals surface area contributed by atoms with E-state index in [-0.39, 0.29) is 0 Å². The normalized spacial score (nSPS) is 18.2. The second kappa shape index (κ2) is 6.20. The minimum absolute atomic E-state index is 0.331. The minimum atomic E-state index is 0.331. The van der Waals surface area contributed by atoms with E-state index in [1.54, 1.807) is 11.3 Å². The SMILES string of the molecule is CCC(C/C(N)=N/O)N(Cc1ccsc1)C1CC1. The van der Waals surface area contributed by atoms with Crippen molar-refractivity contribution >= 4 is 17.2 Å². The Bertz CT molecular complexity index is 387. The van der Waals surface area contributed by atoms with Gasteiger partial charge in [0.2, 0.25) is 0 Å². The van der Waals surface area contributed by atoms with Crippen LogP contribution in [-0.4, -0.2) is 28.0 Å². The highest BCUT2D eigenvalue weighted by molar-refractivity contribution is 7.07. The molecule has 2 rings (SSSR count). The molecule has 1 fully saturated rings. The maximum atomic E-state index is 8.72. The summed E-state index contributed by atoms with van der Waals surface area (Å²) in [5, 5.41) is 16.1. The monoisotopic (exact) mass is 267 g/mol. The van der Waals surface area contributed by atoms with E-state index in [4.69, 9.17) is 10.9 Å². The number of amidine groups is 1. The molecule has 1 saturated carbocycles. The van der Waals surface area contributed by atoms with Crippen molar-refractivity contribution in [2.24, 2.45) is 10.9 Å². The van der Waals surface area contributed by atoms with E-state index in [0.717, 1.165) is 13.0 Å². The third-order valence-electron chi connectivity index (χ3n) is 3.47. The molecule has 0 bridgehead atoms. The topological polar surface area (TPSA) is 61.9 Å². The zero-order valence-electron chi connectivity index (χ0n) is 10.7. The summed E-state index contributed by atoms with van der Waals surface area (Å²) in [6.45, 7) is 3.14. The maximum Gasteiger partial charge on any atom is 0.140 e. The van der Waals surface area contributed by atoms with E-state index in [1.807, 2.05) is 0 Å². The van der Waals surface area contributed by atoms with Gasteiger partial charge in [0.1, 0.15) is 5.84 Å². The smallest absolute Gasteiger partial charge is 0.140 e. The van der Waals surface area contributed by atoms with Crippen LogP contribution >= 0.6 is 11.3 Å². The molecular formula is C13H21N3OS. The Morgan fingerprint density at radius 2 is 2.44 bits per heavy atom. The molecule has 0 aromatic carbocycles. The van der Waals surface area contributed by atoms with Crippen LogP contribution in [0.5, 0.6) is 0 Å². The molecule has 1 aliphatic carbocycles. The van der Waals surface area contributed by atoms with E-state index in [0.29, 0.717) is 24.3 Å². The number of thiophene rings is 1. The number of nitrogens with two attached hydrogens (primary N) is 1. The van der Waals surface area contributed by atoms with Gasteiger partial charge >= 0.3 is 0 Å². The lowest BCUT2D eigenvalue weighted by Crippen LogP contribution is -2.39. The second-order valence-corrected chi connectivity index (χ2v) is 5.67. The summed E-state index contributed by atoms with van der Waals surface area (Å²) < 4.78 is 0. The van der Waals surface area contributed by atoms with Gasteiger partial charge in [-0.1, -0.05) is 12.1 Å².